The Hall–Kier alpha value is -3.05. The van der Waals surface area contributed by atoms with Gasteiger partial charge >= 0.3 is 0 Å². The van der Waals surface area contributed by atoms with Crippen molar-refractivity contribution in [3.8, 4) is 5.69 Å². The van der Waals surface area contributed by atoms with E-state index in [0.717, 1.165) is 33.5 Å². The standard InChI is InChI=1S/C20H16N4S/c1-14-17(20(25)24(23-14)16-9-3-2-4-10-16)13-22-18-11-5-7-15-8-6-12-21-19(15)18/h2-13,23H,1H3. The molecule has 0 atom stereocenters. The van der Waals surface area contributed by atoms with Gasteiger partial charge in [-0.25, -0.2) is 4.68 Å². The summed E-state index contributed by atoms with van der Waals surface area (Å²) in [6, 6.07) is 19.9. The summed E-state index contributed by atoms with van der Waals surface area (Å²) < 4.78 is 2.61. The van der Waals surface area contributed by atoms with Crippen LogP contribution < -0.4 is 0 Å². The average molecular weight is 344 g/mol. The summed E-state index contributed by atoms with van der Waals surface area (Å²) in [5.41, 5.74) is 4.61. The molecule has 25 heavy (non-hydrogen) atoms. The Morgan fingerprint density at radius 2 is 1.84 bits per heavy atom. The predicted molar refractivity (Wildman–Crippen MR) is 105 cm³/mol. The van der Waals surface area contributed by atoms with Crippen molar-refractivity contribution in [3.05, 3.63) is 82.8 Å². The monoisotopic (exact) mass is 344 g/mol. The molecule has 0 amide bonds. The fraction of sp³-hybridized carbons (Fsp3) is 0.0500. The number of hydrogen-bond donors (Lipinski definition) is 1. The number of aromatic amines is 1. The molecular formula is C20H16N4S. The molecule has 4 rings (SSSR count). The van der Waals surface area contributed by atoms with E-state index in [1.165, 1.54) is 0 Å². The van der Waals surface area contributed by atoms with Gasteiger partial charge in [-0.05, 0) is 31.2 Å². The van der Waals surface area contributed by atoms with Crippen LogP contribution in [0.2, 0.25) is 0 Å². The minimum absolute atomic E-state index is 0.709. The van der Waals surface area contributed by atoms with Crippen molar-refractivity contribution in [3.63, 3.8) is 0 Å². The molecule has 4 aromatic rings. The third kappa shape index (κ3) is 2.90. The third-order valence-corrected chi connectivity index (χ3v) is 4.48. The van der Waals surface area contributed by atoms with E-state index < -0.39 is 0 Å². The van der Waals surface area contributed by atoms with Crippen molar-refractivity contribution in [2.24, 2.45) is 4.99 Å². The maximum Gasteiger partial charge on any atom is 0.136 e. The quantitative estimate of drug-likeness (QED) is 0.413. The number of aromatic nitrogens is 3. The highest BCUT2D eigenvalue weighted by atomic mass is 32.1. The Balaban J connectivity index is 1.77. The highest BCUT2D eigenvalue weighted by Gasteiger charge is 2.08. The number of benzene rings is 2. The lowest BCUT2D eigenvalue weighted by Crippen LogP contribution is -1.95. The first-order chi connectivity index (χ1) is 12.2. The van der Waals surface area contributed by atoms with Gasteiger partial charge in [0.15, 0.2) is 0 Å². The summed E-state index contributed by atoms with van der Waals surface area (Å²) in [4.78, 5) is 9.08. The van der Waals surface area contributed by atoms with Crippen molar-refractivity contribution in [2.45, 2.75) is 6.92 Å². The van der Waals surface area contributed by atoms with Crippen molar-refractivity contribution < 1.29 is 0 Å². The molecule has 0 aliphatic rings. The molecule has 0 unspecified atom stereocenters. The lowest BCUT2D eigenvalue weighted by Gasteiger charge is -2.01. The molecular weight excluding hydrogens is 328 g/mol. The summed E-state index contributed by atoms with van der Waals surface area (Å²) in [5.74, 6) is 0. The number of nitrogens with zero attached hydrogens (tertiary/aromatic N) is 3. The molecule has 0 spiro atoms. The molecule has 2 heterocycles. The van der Waals surface area contributed by atoms with Gasteiger partial charge in [-0.3, -0.25) is 15.1 Å². The second-order valence-corrected chi connectivity index (χ2v) is 6.12. The first-order valence-electron chi connectivity index (χ1n) is 7.99. The van der Waals surface area contributed by atoms with E-state index in [1.807, 2.05) is 78.5 Å². The van der Waals surface area contributed by atoms with E-state index in [9.17, 15) is 0 Å². The van der Waals surface area contributed by atoms with Gasteiger partial charge in [-0.15, -0.1) is 0 Å². The number of rotatable bonds is 3. The summed E-state index contributed by atoms with van der Waals surface area (Å²) in [7, 11) is 0. The zero-order valence-corrected chi connectivity index (χ0v) is 14.5. The molecule has 0 aliphatic heterocycles. The largest absolute Gasteiger partial charge is 0.297 e. The number of nitrogens with one attached hydrogen (secondary N) is 1. The Labute approximate surface area is 150 Å². The molecule has 122 valence electrons. The van der Waals surface area contributed by atoms with Crippen molar-refractivity contribution in [1.29, 1.82) is 0 Å². The molecule has 0 aliphatic carbocycles. The van der Waals surface area contributed by atoms with E-state index in [2.05, 4.69) is 15.1 Å². The molecule has 0 bridgehead atoms. The van der Waals surface area contributed by atoms with E-state index in [4.69, 9.17) is 12.2 Å². The van der Waals surface area contributed by atoms with Crippen molar-refractivity contribution in [1.82, 2.24) is 14.8 Å². The first kappa shape index (κ1) is 15.5. The van der Waals surface area contributed by atoms with Crippen molar-refractivity contribution >= 4 is 35.0 Å². The molecule has 0 fully saturated rings. The number of hydrogen-bond acceptors (Lipinski definition) is 3. The molecule has 0 radical (unpaired) electrons. The summed E-state index contributed by atoms with van der Waals surface area (Å²) in [6.07, 6.45) is 3.60. The molecule has 0 saturated carbocycles. The lowest BCUT2D eigenvalue weighted by molar-refractivity contribution is 0.853. The van der Waals surface area contributed by atoms with Crippen LogP contribution in [-0.2, 0) is 0 Å². The number of pyridine rings is 1. The van der Waals surface area contributed by atoms with E-state index >= 15 is 0 Å². The Bertz CT molecular complexity index is 1120. The van der Waals surface area contributed by atoms with Crippen LogP contribution in [0.4, 0.5) is 5.69 Å². The van der Waals surface area contributed by atoms with Crippen LogP contribution in [0.15, 0.2) is 71.9 Å². The van der Waals surface area contributed by atoms with Gasteiger partial charge in [-0.1, -0.05) is 48.6 Å². The predicted octanol–water partition coefficient (Wildman–Crippen LogP) is 5.14. The highest BCUT2D eigenvalue weighted by Crippen LogP contribution is 2.23. The topological polar surface area (TPSA) is 46.0 Å². The van der Waals surface area contributed by atoms with Gasteiger partial charge in [0.05, 0.1) is 22.5 Å². The Kier molecular flexibility index (Phi) is 3.99. The smallest absolute Gasteiger partial charge is 0.136 e. The second-order valence-electron chi connectivity index (χ2n) is 5.74. The zero-order chi connectivity index (χ0) is 17.2. The van der Waals surface area contributed by atoms with Gasteiger partial charge in [0.25, 0.3) is 0 Å². The Morgan fingerprint density at radius 1 is 1.04 bits per heavy atom. The maximum absolute atomic E-state index is 5.63. The van der Waals surface area contributed by atoms with Gasteiger partial charge in [0.2, 0.25) is 0 Å². The summed E-state index contributed by atoms with van der Waals surface area (Å²) in [5, 5.41) is 4.38. The minimum Gasteiger partial charge on any atom is -0.297 e. The molecule has 4 nitrogen and oxygen atoms in total. The average Bonchev–Trinajstić information content (AvgIpc) is 2.94. The maximum atomic E-state index is 5.63. The number of para-hydroxylation sites is 2. The number of aliphatic imine (C=N–C) groups is 1. The van der Waals surface area contributed by atoms with E-state index in [0.29, 0.717) is 4.64 Å². The normalized spacial score (nSPS) is 11.4. The Morgan fingerprint density at radius 3 is 2.68 bits per heavy atom. The van der Waals surface area contributed by atoms with E-state index in [-0.39, 0.29) is 0 Å². The molecule has 5 heteroatoms. The van der Waals surface area contributed by atoms with Crippen LogP contribution in [0, 0.1) is 11.6 Å². The summed E-state index contributed by atoms with van der Waals surface area (Å²) >= 11 is 5.63. The van der Waals surface area contributed by atoms with Gasteiger partial charge in [0, 0.05) is 23.5 Å². The van der Waals surface area contributed by atoms with E-state index in [1.54, 1.807) is 6.20 Å². The number of aryl methyl sites for hydroxylation is 1. The minimum atomic E-state index is 0.709. The zero-order valence-electron chi connectivity index (χ0n) is 13.7. The highest BCUT2D eigenvalue weighted by molar-refractivity contribution is 7.71. The van der Waals surface area contributed by atoms with Crippen LogP contribution >= 0.6 is 12.2 Å². The molecule has 2 aromatic heterocycles. The van der Waals surface area contributed by atoms with Crippen LogP contribution in [0.1, 0.15) is 11.3 Å². The fourth-order valence-corrected chi connectivity index (χ4v) is 3.15. The van der Waals surface area contributed by atoms with Crippen LogP contribution in [0.25, 0.3) is 16.6 Å². The lowest BCUT2D eigenvalue weighted by atomic mass is 10.2. The number of fused-ring (bicyclic) bond motifs is 1. The van der Waals surface area contributed by atoms with Crippen LogP contribution in [0.3, 0.4) is 0 Å². The number of H-pyrrole nitrogens is 1. The van der Waals surface area contributed by atoms with Crippen LogP contribution in [-0.4, -0.2) is 21.0 Å². The third-order valence-electron chi connectivity index (χ3n) is 4.08. The molecule has 2 aromatic carbocycles. The molecule has 1 N–H and O–H groups in total. The van der Waals surface area contributed by atoms with Crippen LogP contribution in [0.5, 0.6) is 0 Å². The second kappa shape index (κ2) is 6.45. The fourth-order valence-electron chi connectivity index (χ4n) is 2.80. The van der Waals surface area contributed by atoms with Gasteiger partial charge < -0.3 is 0 Å². The van der Waals surface area contributed by atoms with Crippen molar-refractivity contribution in [2.75, 3.05) is 0 Å². The van der Waals surface area contributed by atoms with Gasteiger partial charge in [-0.2, -0.15) is 0 Å². The first-order valence-corrected chi connectivity index (χ1v) is 8.40. The van der Waals surface area contributed by atoms with Gasteiger partial charge in [0.1, 0.15) is 4.64 Å². The SMILES string of the molecule is Cc1[nH]n(-c2ccccc2)c(=S)c1C=Nc1cccc2cccnc12. The molecule has 0 saturated heterocycles. The summed E-state index contributed by atoms with van der Waals surface area (Å²) in [6.45, 7) is 2.00.